The summed E-state index contributed by atoms with van der Waals surface area (Å²) < 4.78 is 23.3. The van der Waals surface area contributed by atoms with Crippen LogP contribution in [0.3, 0.4) is 0 Å². The summed E-state index contributed by atoms with van der Waals surface area (Å²) in [6.07, 6.45) is 2.82. The molecule has 1 heterocycles. The molecule has 0 saturated carbocycles. The van der Waals surface area contributed by atoms with Gasteiger partial charge in [0.15, 0.2) is 9.84 Å². The predicted molar refractivity (Wildman–Crippen MR) is 122 cm³/mol. The average Bonchev–Trinajstić information content (AvgIpc) is 2.77. The summed E-state index contributed by atoms with van der Waals surface area (Å²) in [7, 11) is 0.120. The first-order chi connectivity index (χ1) is 14.7. The molecule has 0 radical (unpaired) electrons. The summed E-state index contributed by atoms with van der Waals surface area (Å²) in [5, 5.41) is 12.4. The molecule has 0 atom stereocenters. The van der Waals surface area contributed by atoms with Crippen molar-refractivity contribution in [2.45, 2.75) is 5.75 Å². The number of benzene rings is 2. The van der Waals surface area contributed by atoms with Gasteiger partial charge in [0.2, 0.25) is 0 Å². The first kappa shape index (κ1) is 22.0. The van der Waals surface area contributed by atoms with E-state index < -0.39 is 9.84 Å². The van der Waals surface area contributed by atoms with Crippen molar-refractivity contribution < 1.29 is 13.2 Å². The van der Waals surface area contributed by atoms with Gasteiger partial charge in [-0.2, -0.15) is 5.26 Å². The van der Waals surface area contributed by atoms with Crippen LogP contribution in [0.4, 0.5) is 11.4 Å². The molecule has 0 spiro atoms. The zero-order valence-corrected chi connectivity index (χ0v) is 18.3. The number of nitrogens with one attached hydrogen (secondary N) is 1. The van der Waals surface area contributed by atoms with Gasteiger partial charge in [-0.05, 0) is 48.0 Å². The number of rotatable bonds is 6. The van der Waals surface area contributed by atoms with Crippen LogP contribution in [-0.4, -0.2) is 39.7 Å². The maximum Gasteiger partial charge on any atom is 0.258 e. The molecule has 0 unspecified atom stereocenters. The predicted octanol–water partition coefficient (Wildman–Crippen LogP) is 3.48. The third kappa shape index (κ3) is 5.08. The minimum atomic E-state index is -3.21. The van der Waals surface area contributed by atoms with Gasteiger partial charge in [-0.3, -0.25) is 9.78 Å². The summed E-state index contributed by atoms with van der Waals surface area (Å²) in [5.41, 5.74) is 3.94. The Morgan fingerprint density at radius 2 is 1.94 bits per heavy atom. The highest BCUT2D eigenvalue weighted by atomic mass is 32.2. The molecule has 1 aromatic heterocycles. The lowest BCUT2D eigenvalue weighted by molar-refractivity contribution is 0.0993. The SMILES string of the molecule is CNc1cc(C(=O)N(C)c2ccc(C#N)c(-c3ccccn3)c2)ccc1CS(C)(=O)=O. The fourth-order valence-electron chi connectivity index (χ4n) is 3.23. The smallest absolute Gasteiger partial charge is 0.258 e. The molecule has 1 amide bonds. The quantitative estimate of drug-likeness (QED) is 0.637. The number of aromatic nitrogens is 1. The van der Waals surface area contributed by atoms with E-state index >= 15 is 0 Å². The largest absolute Gasteiger partial charge is 0.388 e. The van der Waals surface area contributed by atoms with Crippen LogP contribution in [0.25, 0.3) is 11.3 Å². The third-order valence-corrected chi connectivity index (χ3v) is 5.64. The molecule has 1 N–H and O–H groups in total. The van der Waals surface area contributed by atoms with E-state index in [4.69, 9.17) is 0 Å². The molecule has 3 rings (SSSR count). The molecular formula is C23H22N4O3S. The summed E-state index contributed by atoms with van der Waals surface area (Å²) >= 11 is 0. The van der Waals surface area contributed by atoms with Crippen molar-refractivity contribution in [3.63, 3.8) is 0 Å². The van der Waals surface area contributed by atoms with E-state index in [1.807, 2.05) is 12.1 Å². The molecular weight excluding hydrogens is 412 g/mol. The number of amides is 1. The maximum atomic E-state index is 13.1. The van der Waals surface area contributed by atoms with Crippen LogP contribution >= 0.6 is 0 Å². The van der Waals surface area contributed by atoms with Gasteiger partial charge in [0, 0.05) is 49.0 Å². The van der Waals surface area contributed by atoms with Crippen molar-refractivity contribution in [2.75, 3.05) is 30.6 Å². The van der Waals surface area contributed by atoms with Gasteiger partial charge in [0.25, 0.3) is 5.91 Å². The average molecular weight is 435 g/mol. The Kier molecular flexibility index (Phi) is 6.37. The van der Waals surface area contributed by atoms with E-state index in [1.54, 1.807) is 62.8 Å². The molecule has 2 aromatic carbocycles. The number of carbonyl (C=O) groups excluding carboxylic acids is 1. The van der Waals surface area contributed by atoms with Gasteiger partial charge < -0.3 is 10.2 Å². The van der Waals surface area contributed by atoms with E-state index in [2.05, 4.69) is 16.4 Å². The van der Waals surface area contributed by atoms with Gasteiger partial charge in [0.1, 0.15) is 0 Å². The minimum absolute atomic E-state index is 0.115. The highest BCUT2D eigenvalue weighted by Gasteiger charge is 2.18. The Hall–Kier alpha value is -3.70. The summed E-state index contributed by atoms with van der Waals surface area (Å²) in [4.78, 5) is 18.9. The number of carbonyl (C=O) groups is 1. The van der Waals surface area contributed by atoms with Gasteiger partial charge >= 0.3 is 0 Å². The summed E-state index contributed by atoms with van der Waals surface area (Å²) in [6.45, 7) is 0. The minimum Gasteiger partial charge on any atom is -0.388 e. The van der Waals surface area contributed by atoms with E-state index in [-0.39, 0.29) is 11.7 Å². The Morgan fingerprint density at radius 3 is 2.55 bits per heavy atom. The molecule has 0 fully saturated rings. The monoisotopic (exact) mass is 434 g/mol. The number of hydrogen-bond acceptors (Lipinski definition) is 6. The van der Waals surface area contributed by atoms with Crippen LogP contribution in [0.15, 0.2) is 60.8 Å². The fourth-order valence-corrected chi connectivity index (χ4v) is 4.05. The van der Waals surface area contributed by atoms with Crippen molar-refractivity contribution in [1.82, 2.24) is 4.98 Å². The Balaban J connectivity index is 1.96. The maximum absolute atomic E-state index is 13.1. The van der Waals surface area contributed by atoms with Crippen LogP contribution in [0, 0.1) is 11.3 Å². The van der Waals surface area contributed by atoms with Crippen LogP contribution in [0.5, 0.6) is 0 Å². The van der Waals surface area contributed by atoms with Gasteiger partial charge in [-0.25, -0.2) is 8.42 Å². The van der Waals surface area contributed by atoms with Crippen molar-refractivity contribution in [1.29, 1.82) is 5.26 Å². The molecule has 0 aliphatic rings. The lowest BCUT2D eigenvalue weighted by Gasteiger charge is -2.20. The molecule has 31 heavy (non-hydrogen) atoms. The molecule has 3 aromatic rings. The number of sulfone groups is 1. The molecule has 158 valence electrons. The molecule has 7 nitrogen and oxygen atoms in total. The lowest BCUT2D eigenvalue weighted by Crippen LogP contribution is -2.26. The molecule has 0 bridgehead atoms. The Morgan fingerprint density at radius 1 is 1.16 bits per heavy atom. The topological polar surface area (TPSA) is 103 Å². The Bertz CT molecular complexity index is 1270. The van der Waals surface area contributed by atoms with Crippen molar-refractivity contribution >= 4 is 27.1 Å². The van der Waals surface area contributed by atoms with E-state index in [9.17, 15) is 18.5 Å². The van der Waals surface area contributed by atoms with E-state index in [1.165, 1.54) is 11.2 Å². The Labute approximate surface area is 181 Å². The van der Waals surface area contributed by atoms with Crippen molar-refractivity contribution in [3.05, 3.63) is 77.5 Å². The third-order valence-electron chi connectivity index (χ3n) is 4.80. The number of nitriles is 1. The standard InChI is InChI=1S/C23H22N4O3S/c1-25-22-12-16(7-8-18(22)15-31(3,29)30)23(28)27(2)19-10-9-17(14-24)20(13-19)21-6-4-5-11-26-21/h4-13,25H,15H2,1-3H3. The molecule has 0 aliphatic heterocycles. The highest BCUT2D eigenvalue weighted by molar-refractivity contribution is 7.89. The summed E-state index contributed by atoms with van der Waals surface area (Å²) in [5.74, 6) is -0.379. The number of pyridine rings is 1. The second-order valence-corrected chi connectivity index (χ2v) is 9.25. The highest BCUT2D eigenvalue weighted by Crippen LogP contribution is 2.28. The normalized spacial score (nSPS) is 10.9. The molecule has 8 heteroatoms. The van der Waals surface area contributed by atoms with Gasteiger partial charge in [-0.1, -0.05) is 12.1 Å². The van der Waals surface area contributed by atoms with E-state index in [0.29, 0.717) is 39.3 Å². The summed E-state index contributed by atoms with van der Waals surface area (Å²) in [6, 6.07) is 17.6. The zero-order chi connectivity index (χ0) is 22.6. The second-order valence-electron chi connectivity index (χ2n) is 7.11. The fraction of sp³-hybridized carbons (Fsp3) is 0.174. The molecule has 0 saturated heterocycles. The van der Waals surface area contributed by atoms with Crippen LogP contribution in [0.2, 0.25) is 0 Å². The van der Waals surface area contributed by atoms with Crippen LogP contribution in [-0.2, 0) is 15.6 Å². The van der Waals surface area contributed by atoms with Gasteiger partial charge in [-0.15, -0.1) is 0 Å². The number of hydrogen-bond donors (Lipinski definition) is 1. The van der Waals surface area contributed by atoms with Crippen molar-refractivity contribution in [3.8, 4) is 17.3 Å². The first-order valence-electron chi connectivity index (χ1n) is 9.45. The zero-order valence-electron chi connectivity index (χ0n) is 17.5. The second kappa shape index (κ2) is 8.98. The lowest BCUT2D eigenvalue weighted by atomic mass is 10.0. The molecule has 0 aliphatic carbocycles. The number of anilines is 2. The van der Waals surface area contributed by atoms with E-state index in [0.717, 1.165) is 0 Å². The van der Waals surface area contributed by atoms with Crippen LogP contribution < -0.4 is 10.2 Å². The van der Waals surface area contributed by atoms with Crippen molar-refractivity contribution in [2.24, 2.45) is 0 Å². The van der Waals surface area contributed by atoms with Gasteiger partial charge in [0.05, 0.1) is 23.1 Å². The van der Waals surface area contributed by atoms with Crippen LogP contribution in [0.1, 0.15) is 21.5 Å². The first-order valence-corrected chi connectivity index (χ1v) is 11.5. The number of nitrogens with zero attached hydrogens (tertiary/aromatic N) is 3.